The number of benzene rings is 1. The van der Waals surface area contributed by atoms with Crippen LogP contribution in [0, 0.1) is 0 Å². The highest BCUT2D eigenvalue weighted by Crippen LogP contribution is 2.35. The van der Waals surface area contributed by atoms with Crippen molar-refractivity contribution in [2.45, 2.75) is 31.7 Å². The number of aromatic nitrogens is 4. The molecule has 4 rings (SSSR count). The molecule has 0 bridgehead atoms. The molecule has 0 amide bonds. The molecule has 0 saturated heterocycles. The molecular weight excluding hydrogens is 324 g/mol. The Hall–Kier alpha value is -2.34. The number of nitrogens with two attached hydrogens (primary N) is 1. The maximum absolute atomic E-state index is 6.39. The monoisotopic (exact) mass is 342 g/mol. The van der Waals surface area contributed by atoms with E-state index in [-0.39, 0.29) is 0 Å². The predicted octanol–water partition coefficient (Wildman–Crippen LogP) is 3.62. The molecule has 7 heteroatoms. The van der Waals surface area contributed by atoms with E-state index < -0.39 is 0 Å². The minimum Gasteiger partial charge on any atom is -0.383 e. The fourth-order valence-electron chi connectivity index (χ4n) is 3.28. The van der Waals surface area contributed by atoms with Crippen LogP contribution in [-0.2, 0) is 7.05 Å². The van der Waals surface area contributed by atoms with Crippen molar-refractivity contribution in [1.82, 2.24) is 19.7 Å². The van der Waals surface area contributed by atoms with Gasteiger partial charge in [0, 0.05) is 23.7 Å². The summed E-state index contributed by atoms with van der Waals surface area (Å²) in [6, 6.07) is 8.04. The molecule has 1 fully saturated rings. The van der Waals surface area contributed by atoms with Crippen LogP contribution < -0.4 is 11.1 Å². The molecule has 3 aromatic rings. The van der Waals surface area contributed by atoms with E-state index in [0.717, 1.165) is 29.5 Å². The largest absolute Gasteiger partial charge is 0.383 e. The maximum Gasteiger partial charge on any atom is 0.225 e. The molecule has 0 atom stereocenters. The topological polar surface area (TPSA) is 81.7 Å². The van der Waals surface area contributed by atoms with E-state index in [1.165, 1.54) is 12.8 Å². The normalized spacial score (nSPS) is 15.2. The highest BCUT2D eigenvalue weighted by Gasteiger charge is 2.21. The molecule has 0 unspecified atom stereocenters. The summed E-state index contributed by atoms with van der Waals surface area (Å²) in [6.07, 6.45) is 4.78. The van der Waals surface area contributed by atoms with Crippen molar-refractivity contribution in [3.8, 4) is 11.3 Å². The maximum atomic E-state index is 6.39. The van der Waals surface area contributed by atoms with Gasteiger partial charge in [-0.15, -0.1) is 0 Å². The number of halogens is 1. The van der Waals surface area contributed by atoms with Crippen LogP contribution in [0.15, 0.2) is 24.3 Å². The van der Waals surface area contributed by atoms with Gasteiger partial charge >= 0.3 is 0 Å². The van der Waals surface area contributed by atoms with Gasteiger partial charge in [0.25, 0.3) is 0 Å². The van der Waals surface area contributed by atoms with Crippen LogP contribution in [0.4, 0.5) is 11.8 Å². The van der Waals surface area contributed by atoms with Crippen molar-refractivity contribution < 1.29 is 0 Å². The summed E-state index contributed by atoms with van der Waals surface area (Å²) >= 11 is 6.39. The lowest BCUT2D eigenvalue weighted by Gasteiger charge is -2.13. The van der Waals surface area contributed by atoms with Gasteiger partial charge in [-0.3, -0.25) is 4.68 Å². The van der Waals surface area contributed by atoms with Crippen molar-refractivity contribution in [3.63, 3.8) is 0 Å². The fourth-order valence-corrected chi connectivity index (χ4v) is 3.51. The molecule has 2 heterocycles. The number of hydrogen-bond donors (Lipinski definition) is 2. The van der Waals surface area contributed by atoms with Crippen molar-refractivity contribution in [2.24, 2.45) is 7.05 Å². The Bertz CT molecular complexity index is 897. The Morgan fingerprint density at radius 2 is 1.96 bits per heavy atom. The van der Waals surface area contributed by atoms with Gasteiger partial charge in [0.05, 0.1) is 11.1 Å². The van der Waals surface area contributed by atoms with Gasteiger partial charge in [-0.2, -0.15) is 10.1 Å². The summed E-state index contributed by atoms with van der Waals surface area (Å²) in [5, 5.41) is 9.23. The van der Waals surface area contributed by atoms with Gasteiger partial charge in [-0.25, -0.2) is 4.98 Å². The molecule has 1 aliphatic rings. The molecule has 3 N–H and O–H groups in total. The highest BCUT2D eigenvalue weighted by atomic mass is 35.5. The zero-order valence-electron chi connectivity index (χ0n) is 13.5. The number of hydrogen-bond acceptors (Lipinski definition) is 5. The van der Waals surface area contributed by atoms with Gasteiger partial charge < -0.3 is 11.1 Å². The van der Waals surface area contributed by atoms with E-state index in [9.17, 15) is 0 Å². The average Bonchev–Trinajstić information content (AvgIpc) is 3.16. The summed E-state index contributed by atoms with van der Waals surface area (Å²) < 4.78 is 1.62. The molecule has 24 heavy (non-hydrogen) atoms. The number of aryl methyl sites for hydroxylation is 1. The van der Waals surface area contributed by atoms with Crippen molar-refractivity contribution in [2.75, 3.05) is 11.1 Å². The van der Waals surface area contributed by atoms with Gasteiger partial charge in [0.2, 0.25) is 5.95 Å². The molecule has 0 radical (unpaired) electrons. The third-order valence-corrected chi connectivity index (χ3v) is 4.89. The zero-order chi connectivity index (χ0) is 16.7. The second-order valence-corrected chi connectivity index (χ2v) is 6.62. The van der Waals surface area contributed by atoms with E-state index in [1.807, 2.05) is 24.3 Å². The molecule has 1 aromatic carbocycles. The number of nitrogen functional groups attached to an aromatic ring is 1. The van der Waals surface area contributed by atoms with Gasteiger partial charge in [-0.1, -0.05) is 42.6 Å². The summed E-state index contributed by atoms with van der Waals surface area (Å²) in [5.74, 6) is 1.12. The van der Waals surface area contributed by atoms with Crippen LogP contribution in [0.1, 0.15) is 25.7 Å². The minimum atomic E-state index is 0.419. The van der Waals surface area contributed by atoms with Crippen molar-refractivity contribution in [1.29, 1.82) is 0 Å². The second-order valence-electron chi connectivity index (χ2n) is 6.21. The van der Waals surface area contributed by atoms with Crippen LogP contribution in [0.2, 0.25) is 5.02 Å². The number of rotatable bonds is 3. The molecule has 124 valence electrons. The standard InChI is InChI=1S/C17H19ClN6/c1-24-15(19)13-14(11-8-4-5-9-12(11)18)21-17(22-16(13)23-24)20-10-6-2-3-7-10/h4-5,8-10H,2-3,6-7,19H2,1H3,(H,20,22,23). The minimum absolute atomic E-state index is 0.419. The number of nitrogens with zero attached hydrogens (tertiary/aromatic N) is 4. The van der Waals surface area contributed by atoms with E-state index in [0.29, 0.717) is 28.5 Å². The van der Waals surface area contributed by atoms with Crippen LogP contribution in [0.5, 0.6) is 0 Å². The van der Waals surface area contributed by atoms with Crippen LogP contribution in [0.3, 0.4) is 0 Å². The SMILES string of the molecule is Cn1nc2nc(NC3CCCC3)nc(-c3ccccc3Cl)c2c1N. The first-order valence-corrected chi connectivity index (χ1v) is 8.53. The lowest BCUT2D eigenvalue weighted by molar-refractivity contribution is 0.744. The van der Waals surface area contributed by atoms with Gasteiger partial charge in [0.1, 0.15) is 5.82 Å². The number of fused-ring (bicyclic) bond motifs is 1. The lowest BCUT2D eigenvalue weighted by Crippen LogP contribution is -2.17. The third kappa shape index (κ3) is 2.57. The molecule has 2 aromatic heterocycles. The zero-order valence-corrected chi connectivity index (χ0v) is 14.2. The Morgan fingerprint density at radius 1 is 1.21 bits per heavy atom. The summed E-state index contributed by atoms with van der Waals surface area (Å²) in [7, 11) is 1.80. The van der Waals surface area contributed by atoms with Crippen LogP contribution in [0.25, 0.3) is 22.3 Å². The highest BCUT2D eigenvalue weighted by molar-refractivity contribution is 6.33. The van der Waals surface area contributed by atoms with E-state index >= 15 is 0 Å². The lowest BCUT2D eigenvalue weighted by atomic mass is 10.1. The third-order valence-electron chi connectivity index (χ3n) is 4.56. The number of nitrogens with one attached hydrogen (secondary N) is 1. The van der Waals surface area contributed by atoms with E-state index in [4.69, 9.17) is 22.3 Å². The van der Waals surface area contributed by atoms with Crippen molar-refractivity contribution >= 4 is 34.4 Å². The molecule has 1 saturated carbocycles. The smallest absolute Gasteiger partial charge is 0.225 e. The quantitative estimate of drug-likeness (QED) is 0.759. The van der Waals surface area contributed by atoms with E-state index in [2.05, 4.69) is 15.4 Å². The molecule has 1 aliphatic carbocycles. The first kappa shape index (κ1) is 15.2. The Balaban J connectivity index is 1.90. The van der Waals surface area contributed by atoms with Gasteiger partial charge in [-0.05, 0) is 18.9 Å². The Labute approximate surface area is 145 Å². The first-order chi connectivity index (χ1) is 11.6. The van der Waals surface area contributed by atoms with Crippen LogP contribution >= 0.6 is 11.6 Å². The summed E-state index contributed by atoms with van der Waals surface area (Å²) in [4.78, 5) is 9.29. The van der Waals surface area contributed by atoms with Crippen LogP contribution in [-0.4, -0.2) is 25.8 Å². The molecule has 0 spiro atoms. The fraction of sp³-hybridized carbons (Fsp3) is 0.353. The predicted molar refractivity (Wildman–Crippen MR) is 97.0 cm³/mol. The summed E-state index contributed by atoms with van der Waals surface area (Å²) in [5.41, 5.74) is 8.33. The average molecular weight is 343 g/mol. The first-order valence-electron chi connectivity index (χ1n) is 8.15. The Morgan fingerprint density at radius 3 is 2.71 bits per heavy atom. The molecule has 0 aliphatic heterocycles. The number of anilines is 2. The Kier molecular flexibility index (Phi) is 3.76. The summed E-state index contributed by atoms with van der Waals surface area (Å²) in [6.45, 7) is 0. The van der Waals surface area contributed by atoms with E-state index in [1.54, 1.807) is 11.7 Å². The molecular formula is C17H19ClN6. The van der Waals surface area contributed by atoms with Crippen molar-refractivity contribution in [3.05, 3.63) is 29.3 Å². The second kappa shape index (κ2) is 5.94. The molecule has 6 nitrogen and oxygen atoms in total. The van der Waals surface area contributed by atoms with Gasteiger partial charge in [0.15, 0.2) is 5.65 Å².